The van der Waals surface area contributed by atoms with Crippen LogP contribution in [0.2, 0.25) is 10.0 Å². The molecule has 0 radical (unpaired) electrons. The molecule has 4 aromatic rings. The molecular weight excluding hydrogens is 469 g/mol. The average molecular weight is 488 g/mol. The van der Waals surface area contributed by atoms with Gasteiger partial charge in [-0.05, 0) is 54.1 Å². The zero-order chi connectivity index (χ0) is 22.8. The second-order valence-electron chi connectivity index (χ2n) is 7.41. The highest BCUT2D eigenvalue weighted by molar-refractivity contribution is 7.17. The molecule has 0 bridgehead atoms. The summed E-state index contributed by atoms with van der Waals surface area (Å²) in [6.45, 7) is 4.27. The minimum absolute atomic E-state index is 0.0979. The van der Waals surface area contributed by atoms with Gasteiger partial charge < -0.3 is 14.4 Å². The van der Waals surface area contributed by atoms with E-state index in [-0.39, 0.29) is 12.5 Å². The molecule has 0 amide bonds. The van der Waals surface area contributed by atoms with E-state index in [9.17, 15) is 4.79 Å². The Morgan fingerprint density at radius 1 is 1.09 bits per heavy atom. The van der Waals surface area contributed by atoms with Crippen molar-refractivity contribution in [3.05, 3.63) is 80.8 Å². The molecule has 4 rings (SSSR count). The minimum atomic E-state index is -0.926. The summed E-state index contributed by atoms with van der Waals surface area (Å²) in [5.41, 5.74) is 2.91. The van der Waals surface area contributed by atoms with Gasteiger partial charge in [0.15, 0.2) is 0 Å². The van der Waals surface area contributed by atoms with E-state index in [4.69, 9.17) is 37.6 Å². The summed E-state index contributed by atoms with van der Waals surface area (Å²) in [5, 5.41) is 14.3. The number of hydrogen-bond donors (Lipinski definition) is 1. The Morgan fingerprint density at radius 3 is 2.38 bits per heavy atom. The summed E-state index contributed by atoms with van der Waals surface area (Å²) in [6.07, 6.45) is 0. The van der Waals surface area contributed by atoms with Crippen LogP contribution >= 0.6 is 34.5 Å². The summed E-state index contributed by atoms with van der Waals surface area (Å²) in [6, 6.07) is 16.2. The lowest BCUT2D eigenvalue weighted by Crippen LogP contribution is -2.01. The number of hydrogen-bond acceptors (Lipinski definition) is 5. The Hall–Kier alpha value is -2.80. The van der Waals surface area contributed by atoms with E-state index >= 15 is 0 Å². The largest absolute Gasteiger partial charge is 0.489 e. The summed E-state index contributed by atoms with van der Waals surface area (Å²) >= 11 is 14.0. The molecule has 0 fully saturated rings. The third-order valence-corrected chi connectivity index (χ3v) is 6.63. The van der Waals surface area contributed by atoms with Crippen LogP contribution in [0.15, 0.2) is 59.1 Å². The van der Waals surface area contributed by atoms with Crippen LogP contribution in [0.1, 0.15) is 40.8 Å². The summed E-state index contributed by atoms with van der Waals surface area (Å²) in [4.78, 5) is 12.3. The third-order valence-electron chi connectivity index (χ3n) is 4.88. The first-order valence-electron chi connectivity index (χ1n) is 9.84. The van der Waals surface area contributed by atoms with Crippen molar-refractivity contribution in [1.82, 2.24) is 5.16 Å². The maximum atomic E-state index is 11.1. The van der Waals surface area contributed by atoms with Crippen LogP contribution in [0.3, 0.4) is 0 Å². The molecule has 2 heterocycles. The highest BCUT2D eigenvalue weighted by atomic mass is 35.5. The van der Waals surface area contributed by atoms with E-state index in [1.54, 1.807) is 30.3 Å². The number of carboxylic acid groups (broad SMARTS) is 1. The number of halogens is 2. The van der Waals surface area contributed by atoms with Crippen LogP contribution in [-0.2, 0) is 6.61 Å². The van der Waals surface area contributed by atoms with Gasteiger partial charge in [-0.2, -0.15) is 0 Å². The molecule has 1 N–H and O–H groups in total. The lowest BCUT2D eigenvalue weighted by Gasteiger charge is -2.11. The van der Waals surface area contributed by atoms with Gasteiger partial charge in [0.25, 0.3) is 0 Å². The zero-order valence-electron chi connectivity index (χ0n) is 17.3. The number of nitrogens with zero attached hydrogens (tertiary/aromatic N) is 1. The van der Waals surface area contributed by atoms with Gasteiger partial charge in [0.2, 0.25) is 0 Å². The van der Waals surface area contributed by atoms with Gasteiger partial charge in [0.1, 0.15) is 28.7 Å². The maximum Gasteiger partial charge on any atom is 0.345 e. The fourth-order valence-corrected chi connectivity index (χ4v) is 4.74. The van der Waals surface area contributed by atoms with Crippen LogP contribution in [0.4, 0.5) is 0 Å². The van der Waals surface area contributed by atoms with Crippen molar-refractivity contribution in [1.29, 1.82) is 0 Å². The smallest absolute Gasteiger partial charge is 0.345 e. The maximum absolute atomic E-state index is 11.1. The van der Waals surface area contributed by atoms with Gasteiger partial charge in [-0.3, -0.25) is 0 Å². The molecule has 0 saturated heterocycles. The van der Waals surface area contributed by atoms with E-state index in [1.165, 1.54) is 11.3 Å². The molecule has 2 aromatic carbocycles. The van der Waals surface area contributed by atoms with Crippen molar-refractivity contribution in [3.8, 4) is 27.4 Å². The van der Waals surface area contributed by atoms with Crippen molar-refractivity contribution in [3.63, 3.8) is 0 Å². The molecule has 0 atom stereocenters. The van der Waals surface area contributed by atoms with Crippen molar-refractivity contribution >= 4 is 40.5 Å². The predicted molar refractivity (Wildman–Crippen MR) is 127 cm³/mol. The average Bonchev–Trinajstić information content (AvgIpc) is 3.40. The molecule has 0 saturated carbocycles. The van der Waals surface area contributed by atoms with E-state index < -0.39 is 5.97 Å². The minimum Gasteiger partial charge on any atom is -0.489 e. The summed E-state index contributed by atoms with van der Waals surface area (Å²) in [7, 11) is 0. The van der Waals surface area contributed by atoms with Crippen LogP contribution in [0.25, 0.3) is 21.7 Å². The number of thiophene rings is 1. The van der Waals surface area contributed by atoms with Crippen molar-refractivity contribution in [2.45, 2.75) is 26.4 Å². The van der Waals surface area contributed by atoms with Gasteiger partial charge in [0, 0.05) is 16.4 Å². The standard InChI is InChI=1S/C24H19Cl2NO4S/c1-13(2)23-16(22(27-31-23)21-17(25)4-3-5-18(21)26)12-30-15-8-6-14(7-9-15)19-10-11-20(32-19)24(28)29/h3-11,13H,12H2,1-2H3,(H,28,29). The van der Waals surface area contributed by atoms with Crippen molar-refractivity contribution < 1.29 is 19.2 Å². The fraction of sp³-hybridized carbons (Fsp3) is 0.167. The Labute approximate surface area is 199 Å². The highest BCUT2D eigenvalue weighted by Gasteiger charge is 2.23. The third kappa shape index (κ3) is 4.53. The van der Waals surface area contributed by atoms with Gasteiger partial charge in [0.05, 0.1) is 15.6 Å². The second-order valence-corrected chi connectivity index (χ2v) is 9.31. The number of aromatic nitrogens is 1. The Bertz CT molecular complexity index is 1240. The Kier molecular flexibility index (Phi) is 6.55. The Morgan fingerprint density at radius 2 is 1.78 bits per heavy atom. The zero-order valence-corrected chi connectivity index (χ0v) is 19.6. The lowest BCUT2D eigenvalue weighted by molar-refractivity contribution is 0.0702. The first-order valence-corrected chi connectivity index (χ1v) is 11.4. The SMILES string of the molecule is CC(C)c1onc(-c2c(Cl)cccc2Cl)c1COc1ccc(-c2ccc(C(=O)O)s2)cc1. The van der Waals surface area contributed by atoms with Gasteiger partial charge in [-0.15, -0.1) is 11.3 Å². The van der Waals surface area contributed by atoms with E-state index in [0.717, 1.165) is 16.0 Å². The number of benzene rings is 2. The van der Waals surface area contributed by atoms with Crippen LogP contribution in [-0.4, -0.2) is 16.2 Å². The van der Waals surface area contributed by atoms with E-state index in [1.807, 2.05) is 38.1 Å². The molecule has 0 spiro atoms. The molecule has 164 valence electrons. The molecule has 0 aliphatic rings. The monoisotopic (exact) mass is 487 g/mol. The van der Waals surface area contributed by atoms with Crippen LogP contribution in [0, 0.1) is 0 Å². The number of rotatable bonds is 7. The summed E-state index contributed by atoms with van der Waals surface area (Å²) < 4.78 is 11.7. The van der Waals surface area contributed by atoms with Gasteiger partial charge >= 0.3 is 5.97 Å². The van der Waals surface area contributed by atoms with Crippen LogP contribution < -0.4 is 4.74 Å². The topological polar surface area (TPSA) is 72.6 Å². The molecule has 2 aromatic heterocycles. The highest BCUT2D eigenvalue weighted by Crippen LogP contribution is 2.39. The number of ether oxygens (including phenoxy) is 1. The quantitative estimate of drug-likeness (QED) is 0.288. The number of aromatic carboxylic acids is 1. The predicted octanol–water partition coefficient (Wildman–Crippen LogP) is 7.78. The van der Waals surface area contributed by atoms with Crippen molar-refractivity contribution in [2.24, 2.45) is 0 Å². The Balaban J connectivity index is 1.58. The molecule has 0 aliphatic heterocycles. The van der Waals surface area contributed by atoms with E-state index in [2.05, 4.69) is 5.16 Å². The molecule has 0 aliphatic carbocycles. The van der Waals surface area contributed by atoms with Gasteiger partial charge in [-0.25, -0.2) is 4.79 Å². The normalized spacial score (nSPS) is 11.2. The van der Waals surface area contributed by atoms with Crippen LogP contribution in [0.5, 0.6) is 5.75 Å². The molecule has 0 unspecified atom stereocenters. The lowest BCUT2D eigenvalue weighted by atomic mass is 10.0. The van der Waals surface area contributed by atoms with E-state index in [0.29, 0.717) is 37.7 Å². The fourth-order valence-electron chi connectivity index (χ4n) is 3.31. The molecular formula is C24H19Cl2NO4S. The first kappa shape index (κ1) is 22.4. The molecule has 5 nitrogen and oxygen atoms in total. The number of carbonyl (C=O) groups is 1. The second kappa shape index (κ2) is 9.36. The first-order chi connectivity index (χ1) is 15.3. The summed E-state index contributed by atoms with van der Waals surface area (Å²) in [5.74, 6) is 0.550. The van der Waals surface area contributed by atoms with Gasteiger partial charge in [-0.1, -0.05) is 48.3 Å². The molecule has 32 heavy (non-hydrogen) atoms. The van der Waals surface area contributed by atoms with Crippen molar-refractivity contribution in [2.75, 3.05) is 0 Å². The molecule has 8 heteroatoms. The number of carboxylic acids is 1.